The highest BCUT2D eigenvalue weighted by Crippen LogP contribution is 2.17. The van der Waals surface area contributed by atoms with Crippen molar-refractivity contribution in [2.24, 2.45) is 0 Å². The van der Waals surface area contributed by atoms with Gasteiger partial charge in [-0.25, -0.2) is 9.97 Å². The summed E-state index contributed by atoms with van der Waals surface area (Å²) in [4.78, 5) is 33.7. The molecule has 0 spiro atoms. The van der Waals surface area contributed by atoms with Gasteiger partial charge in [-0.15, -0.1) is 0 Å². The molecular formula is C18H22N4O2. The van der Waals surface area contributed by atoms with Crippen LogP contribution in [0.25, 0.3) is 0 Å². The van der Waals surface area contributed by atoms with E-state index in [9.17, 15) is 9.59 Å². The molecule has 0 fully saturated rings. The Hall–Kier alpha value is -2.76. The molecule has 0 unspecified atom stereocenters. The molecule has 0 radical (unpaired) electrons. The summed E-state index contributed by atoms with van der Waals surface area (Å²) in [6.07, 6.45) is 3.34. The minimum Gasteiger partial charge on any atom is -0.340 e. The topological polar surface area (TPSA) is 75.2 Å². The molecule has 6 nitrogen and oxygen atoms in total. The van der Waals surface area contributed by atoms with Crippen LogP contribution < -0.4 is 5.32 Å². The molecule has 1 aromatic carbocycles. The van der Waals surface area contributed by atoms with Gasteiger partial charge in [0.05, 0.1) is 0 Å². The lowest BCUT2D eigenvalue weighted by Gasteiger charge is -2.16. The van der Waals surface area contributed by atoms with Crippen molar-refractivity contribution in [1.82, 2.24) is 14.9 Å². The van der Waals surface area contributed by atoms with Gasteiger partial charge >= 0.3 is 0 Å². The summed E-state index contributed by atoms with van der Waals surface area (Å²) in [6.45, 7) is 4.30. The number of aromatic nitrogens is 2. The molecule has 0 aliphatic rings. The molecule has 0 saturated carbocycles. The van der Waals surface area contributed by atoms with Crippen LogP contribution in [0.2, 0.25) is 0 Å². The number of hydrogen-bond acceptors (Lipinski definition) is 5. The Labute approximate surface area is 141 Å². The first kappa shape index (κ1) is 17.6. The number of ketones is 1. The minimum atomic E-state index is -0.133. The molecule has 126 valence electrons. The molecule has 0 saturated heterocycles. The van der Waals surface area contributed by atoms with Gasteiger partial charge in [0.25, 0.3) is 5.91 Å². The highest BCUT2D eigenvalue weighted by molar-refractivity contribution is 5.95. The number of amides is 1. The van der Waals surface area contributed by atoms with Crippen LogP contribution in [-0.4, -0.2) is 40.2 Å². The van der Waals surface area contributed by atoms with Gasteiger partial charge in [0.15, 0.2) is 5.78 Å². The van der Waals surface area contributed by atoms with E-state index in [-0.39, 0.29) is 11.7 Å². The first-order valence-electron chi connectivity index (χ1n) is 7.96. The van der Waals surface area contributed by atoms with E-state index < -0.39 is 0 Å². The molecule has 0 aliphatic carbocycles. The second-order valence-electron chi connectivity index (χ2n) is 5.63. The third-order valence-corrected chi connectivity index (χ3v) is 3.62. The largest absolute Gasteiger partial charge is 0.340 e. The Balaban J connectivity index is 2.14. The van der Waals surface area contributed by atoms with Crippen LogP contribution in [0.15, 0.2) is 36.7 Å². The predicted molar refractivity (Wildman–Crippen MR) is 93.6 cm³/mol. The standard InChI is InChI=1S/C18H22N4O2/c1-4-5-9-22(3)18(24)16-11-17(20-12-19-16)21-15-8-6-7-14(10-15)13(2)23/h6-8,10-12H,4-5,9H2,1-3H3,(H,19,20,21). The summed E-state index contributed by atoms with van der Waals surface area (Å²) in [7, 11) is 1.77. The third-order valence-electron chi connectivity index (χ3n) is 3.62. The molecule has 1 amide bonds. The predicted octanol–water partition coefficient (Wildman–Crippen LogP) is 3.29. The van der Waals surface area contributed by atoms with Crippen molar-refractivity contribution in [1.29, 1.82) is 0 Å². The zero-order chi connectivity index (χ0) is 17.5. The van der Waals surface area contributed by atoms with E-state index in [1.807, 2.05) is 6.07 Å². The third kappa shape index (κ3) is 4.62. The number of anilines is 2. The number of nitrogens with one attached hydrogen (secondary N) is 1. The normalized spacial score (nSPS) is 10.3. The maximum atomic E-state index is 12.4. The molecule has 1 heterocycles. The summed E-state index contributed by atoms with van der Waals surface area (Å²) in [5, 5.41) is 3.10. The van der Waals surface area contributed by atoms with Crippen LogP contribution in [0.1, 0.15) is 47.5 Å². The van der Waals surface area contributed by atoms with Gasteiger partial charge in [0.1, 0.15) is 17.8 Å². The molecule has 2 aromatic rings. The second kappa shape index (κ2) is 8.19. The highest BCUT2D eigenvalue weighted by Gasteiger charge is 2.13. The van der Waals surface area contributed by atoms with Crippen LogP contribution >= 0.6 is 0 Å². The van der Waals surface area contributed by atoms with E-state index >= 15 is 0 Å². The van der Waals surface area contributed by atoms with Gasteiger partial charge in [-0.05, 0) is 25.5 Å². The number of hydrogen-bond donors (Lipinski definition) is 1. The van der Waals surface area contributed by atoms with Crippen LogP contribution in [-0.2, 0) is 0 Å². The molecule has 1 aromatic heterocycles. The first-order chi connectivity index (χ1) is 11.5. The van der Waals surface area contributed by atoms with Crippen molar-refractivity contribution in [3.63, 3.8) is 0 Å². The van der Waals surface area contributed by atoms with Crippen molar-refractivity contribution >= 4 is 23.2 Å². The summed E-state index contributed by atoms with van der Waals surface area (Å²) < 4.78 is 0. The van der Waals surface area contributed by atoms with Crippen LogP contribution in [0.5, 0.6) is 0 Å². The number of rotatable bonds is 7. The van der Waals surface area contributed by atoms with E-state index in [4.69, 9.17) is 0 Å². The number of nitrogens with zero attached hydrogens (tertiary/aromatic N) is 3. The van der Waals surface area contributed by atoms with Gasteiger partial charge in [0.2, 0.25) is 0 Å². The number of Topliss-reactive ketones (excluding diaryl/α,β-unsaturated/α-hetero) is 1. The SMILES string of the molecule is CCCCN(C)C(=O)c1cc(Nc2cccc(C(C)=O)c2)ncn1. The number of carbonyl (C=O) groups is 2. The van der Waals surface area contributed by atoms with Gasteiger partial charge in [-0.2, -0.15) is 0 Å². The Bertz CT molecular complexity index is 730. The van der Waals surface area contributed by atoms with Gasteiger partial charge in [-0.3, -0.25) is 9.59 Å². The Morgan fingerprint density at radius 3 is 2.71 bits per heavy atom. The molecule has 0 aliphatic heterocycles. The zero-order valence-electron chi connectivity index (χ0n) is 14.2. The fourth-order valence-corrected chi connectivity index (χ4v) is 2.20. The van der Waals surface area contributed by atoms with Gasteiger partial charge in [-0.1, -0.05) is 25.5 Å². The summed E-state index contributed by atoms with van der Waals surface area (Å²) in [5.74, 6) is 0.374. The lowest BCUT2D eigenvalue weighted by Crippen LogP contribution is -2.28. The van der Waals surface area contributed by atoms with Crippen LogP contribution in [0.4, 0.5) is 11.5 Å². The summed E-state index contributed by atoms with van der Waals surface area (Å²) in [6, 6.07) is 8.75. The van der Waals surface area contributed by atoms with Crippen LogP contribution in [0, 0.1) is 0 Å². The highest BCUT2D eigenvalue weighted by atomic mass is 16.2. The number of benzene rings is 1. The fourth-order valence-electron chi connectivity index (χ4n) is 2.20. The molecular weight excluding hydrogens is 304 g/mol. The fraction of sp³-hybridized carbons (Fsp3) is 0.333. The van der Waals surface area contributed by atoms with Crippen molar-refractivity contribution < 1.29 is 9.59 Å². The maximum Gasteiger partial charge on any atom is 0.272 e. The van der Waals surface area contributed by atoms with E-state index in [0.29, 0.717) is 23.6 Å². The number of carbonyl (C=O) groups excluding carboxylic acids is 2. The average Bonchev–Trinajstić information content (AvgIpc) is 2.59. The summed E-state index contributed by atoms with van der Waals surface area (Å²) >= 11 is 0. The quantitative estimate of drug-likeness (QED) is 0.790. The zero-order valence-corrected chi connectivity index (χ0v) is 14.2. The first-order valence-corrected chi connectivity index (χ1v) is 7.96. The monoisotopic (exact) mass is 326 g/mol. The van der Waals surface area contributed by atoms with E-state index in [0.717, 1.165) is 18.5 Å². The Morgan fingerprint density at radius 2 is 2.00 bits per heavy atom. The Kier molecular flexibility index (Phi) is 6.01. The smallest absolute Gasteiger partial charge is 0.272 e. The van der Waals surface area contributed by atoms with Crippen LogP contribution in [0.3, 0.4) is 0 Å². The van der Waals surface area contributed by atoms with Crippen molar-refractivity contribution in [2.75, 3.05) is 18.9 Å². The summed E-state index contributed by atoms with van der Waals surface area (Å²) in [5.41, 5.74) is 1.69. The minimum absolute atomic E-state index is 0.00486. The molecule has 24 heavy (non-hydrogen) atoms. The van der Waals surface area contributed by atoms with Crippen molar-refractivity contribution in [2.45, 2.75) is 26.7 Å². The van der Waals surface area contributed by atoms with Crippen molar-refractivity contribution in [3.05, 3.63) is 47.9 Å². The molecule has 6 heteroatoms. The molecule has 0 atom stereocenters. The second-order valence-corrected chi connectivity index (χ2v) is 5.63. The van der Waals surface area contributed by atoms with E-state index in [2.05, 4.69) is 22.2 Å². The number of unbranched alkanes of at least 4 members (excludes halogenated alkanes) is 1. The average molecular weight is 326 g/mol. The maximum absolute atomic E-state index is 12.4. The van der Waals surface area contributed by atoms with E-state index in [1.54, 1.807) is 36.2 Å². The van der Waals surface area contributed by atoms with E-state index in [1.165, 1.54) is 13.3 Å². The Morgan fingerprint density at radius 1 is 1.21 bits per heavy atom. The lowest BCUT2D eigenvalue weighted by molar-refractivity contribution is 0.0787. The van der Waals surface area contributed by atoms with Gasteiger partial charge < -0.3 is 10.2 Å². The molecule has 0 bridgehead atoms. The molecule has 2 rings (SSSR count). The van der Waals surface area contributed by atoms with Gasteiger partial charge in [0, 0.05) is 30.9 Å². The molecule has 1 N–H and O–H groups in total. The lowest BCUT2D eigenvalue weighted by atomic mass is 10.1. The van der Waals surface area contributed by atoms with Crippen molar-refractivity contribution in [3.8, 4) is 0 Å².